The molecule has 1 aromatic heterocycles. The van der Waals surface area contributed by atoms with Crippen LogP contribution in [0.15, 0.2) is 53.7 Å². The number of guanidine groups is 1. The van der Waals surface area contributed by atoms with Crippen LogP contribution in [0.25, 0.3) is 0 Å². The summed E-state index contributed by atoms with van der Waals surface area (Å²) in [4.78, 5) is 22.1. The zero-order valence-electron chi connectivity index (χ0n) is 13.5. The van der Waals surface area contributed by atoms with Crippen molar-refractivity contribution in [2.45, 2.75) is 25.9 Å². The topological polar surface area (TPSA) is 83.6 Å². The van der Waals surface area contributed by atoms with Crippen molar-refractivity contribution in [2.24, 2.45) is 10.7 Å². The molecule has 3 rings (SSSR count). The highest BCUT2D eigenvalue weighted by molar-refractivity contribution is 5.91. The van der Waals surface area contributed by atoms with Crippen LogP contribution in [0.3, 0.4) is 0 Å². The van der Waals surface area contributed by atoms with Crippen molar-refractivity contribution >= 4 is 17.7 Å². The van der Waals surface area contributed by atoms with Gasteiger partial charge >= 0.3 is 0 Å². The van der Waals surface area contributed by atoms with Crippen molar-refractivity contribution < 1.29 is 4.79 Å². The summed E-state index contributed by atoms with van der Waals surface area (Å²) < 4.78 is 0. The number of likely N-dealkylation sites (tertiary alicyclic amines) is 1. The van der Waals surface area contributed by atoms with Crippen LogP contribution < -0.4 is 11.1 Å². The molecule has 124 valence electrons. The van der Waals surface area contributed by atoms with E-state index in [1.807, 2.05) is 41.3 Å². The van der Waals surface area contributed by atoms with E-state index in [0.29, 0.717) is 31.3 Å². The molecule has 1 aromatic carbocycles. The molecule has 3 N–H and O–H groups in total. The monoisotopic (exact) mass is 323 g/mol. The summed E-state index contributed by atoms with van der Waals surface area (Å²) in [5.41, 5.74) is 8.07. The molecule has 1 saturated heterocycles. The number of benzene rings is 1. The Morgan fingerprint density at radius 3 is 2.88 bits per heavy atom. The first-order chi connectivity index (χ1) is 11.7. The molecule has 0 saturated carbocycles. The third-order valence-electron chi connectivity index (χ3n) is 3.89. The molecule has 1 aliphatic heterocycles. The molecule has 2 aromatic rings. The fourth-order valence-electron chi connectivity index (χ4n) is 2.70. The minimum absolute atomic E-state index is 0.238. The van der Waals surface area contributed by atoms with Gasteiger partial charge in [-0.15, -0.1) is 0 Å². The first-order valence-corrected chi connectivity index (χ1v) is 8.04. The second kappa shape index (κ2) is 7.59. The van der Waals surface area contributed by atoms with Gasteiger partial charge in [0, 0.05) is 25.7 Å². The van der Waals surface area contributed by atoms with Crippen LogP contribution in [0.1, 0.15) is 24.0 Å². The average Bonchev–Trinajstić information content (AvgIpc) is 2.99. The Kier molecular flexibility index (Phi) is 5.05. The van der Waals surface area contributed by atoms with Gasteiger partial charge < -0.3 is 16.0 Å². The van der Waals surface area contributed by atoms with E-state index in [9.17, 15) is 4.79 Å². The lowest BCUT2D eigenvalue weighted by atomic mass is 10.1. The molecule has 6 nitrogen and oxygen atoms in total. The SMILES string of the molecule is NC(=NCc1cccc(CN2CCCC2=O)c1)Nc1ccccn1. The van der Waals surface area contributed by atoms with Crippen LogP contribution in [0.4, 0.5) is 5.82 Å². The second-order valence-corrected chi connectivity index (χ2v) is 5.78. The van der Waals surface area contributed by atoms with Crippen LogP contribution >= 0.6 is 0 Å². The minimum Gasteiger partial charge on any atom is -0.370 e. The lowest BCUT2D eigenvalue weighted by molar-refractivity contribution is -0.128. The molecule has 0 spiro atoms. The molecule has 0 radical (unpaired) electrons. The molecular formula is C18H21N5O. The zero-order chi connectivity index (χ0) is 16.8. The molecule has 1 amide bonds. The van der Waals surface area contributed by atoms with E-state index < -0.39 is 0 Å². The number of rotatable bonds is 5. The Labute approximate surface area is 141 Å². The summed E-state index contributed by atoms with van der Waals surface area (Å²) in [5.74, 6) is 1.23. The van der Waals surface area contributed by atoms with Crippen molar-refractivity contribution in [3.05, 3.63) is 59.8 Å². The molecule has 6 heteroatoms. The second-order valence-electron chi connectivity index (χ2n) is 5.78. The molecule has 2 heterocycles. The van der Waals surface area contributed by atoms with E-state index in [0.717, 1.165) is 24.1 Å². The van der Waals surface area contributed by atoms with Crippen molar-refractivity contribution in [2.75, 3.05) is 11.9 Å². The number of nitrogens with two attached hydrogens (primary N) is 1. The largest absolute Gasteiger partial charge is 0.370 e. The number of hydrogen-bond donors (Lipinski definition) is 2. The van der Waals surface area contributed by atoms with Gasteiger partial charge in [-0.3, -0.25) is 4.79 Å². The molecule has 1 aliphatic rings. The number of carbonyl (C=O) groups excluding carboxylic acids is 1. The zero-order valence-corrected chi connectivity index (χ0v) is 13.5. The summed E-state index contributed by atoms with van der Waals surface area (Å²) in [6, 6.07) is 13.7. The predicted octanol–water partition coefficient (Wildman–Crippen LogP) is 2.13. The number of nitrogens with zero attached hydrogens (tertiary/aromatic N) is 3. The van der Waals surface area contributed by atoms with Crippen molar-refractivity contribution in [3.63, 3.8) is 0 Å². The van der Waals surface area contributed by atoms with Gasteiger partial charge in [0.1, 0.15) is 5.82 Å². The van der Waals surface area contributed by atoms with Gasteiger partial charge in [-0.2, -0.15) is 0 Å². The lowest BCUT2D eigenvalue weighted by Crippen LogP contribution is -2.24. The van der Waals surface area contributed by atoms with Crippen LogP contribution in [0.2, 0.25) is 0 Å². The van der Waals surface area contributed by atoms with Crippen LogP contribution in [-0.2, 0) is 17.9 Å². The van der Waals surface area contributed by atoms with Crippen LogP contribution in [-0.4, -0.2) is 28.3 Å². The molecule has 1 fully saturated rings. The standard InChI is InChI=1S/C18H21N5O/c19-18(22-16-7-1-2-9-20-16)21-12-14-5-3-6-15(11-14)13-23-10-4-8-17(23)24/h1-3,5-7,9,11H,4,8,10,12-13H2,(H3,19,20,21,22). The highest BCUT2D eigenvalue weighted by Gasteiger charge is 2.19. The minimum atomic E-state index is 0.238. The molecule has 24 heavy (non-hydrogen) atoms. The maximum absolute atomic E-state index is 11.7. The molecule has 0 atom stereocenters. The normalized spacial score (nSPS) is 14.9. The third kappa shape index (κ3) is 4.32. The number of carbonyl (C=O) groups is 1. The highest BCUT2D eigenvalue weighted by atomic mass is 16.2. The van der Waals surface area contributed by atoms with Gasteiger partial charge in [0.05, 0.1) is 6.54 Å². The number of amides is 1. The average molecular weight is 323 g/mol. The van der Waals surface area contributed by atoms with E-state index in [1.54, 1.807) is 6.20 Å². The number of pyridine rings is 1. The Balaban J connectivity index is 1.59. The summed E-state index contributed by atoms with van der Waals surface area (Å²) in [6.07, 6.45) is 3.32. The predicted molar refractivity (Wildman–Crippen MR) is 94.3 cm³/mol. The first kappa shape index (κ1) is 16.0. The molecular weight excluding hydrogens is 302 g/mol. The number of aliphatic imine (C=N–C) groups is 1. The summed E-state index contributed by atoms with van der Waals surface area (Å²) >= 11 is 0. The molecule has 0 bridgehead atoms. The van der Waals surface area contributed by atoms with Gasteiger partial charge in [0.25, 0.3) is 0 Å². The van der Waals surface area contributed by atoms with E-state index in [2.05, 4.69) is 21.4 Å². The van der Waals surface area contributed by atoms with Crippen LogP contribution in [0.5, 0.6) is 0 Å². The Hall–Kier alpha value is -2.89. The van der Waals surface area contributed by atoms with Gasteiger partial charge in [-0.25, -0.2) is 9.98 Å². The van der Waals surface area contributed by atoms with Gasteiger partial charge in [-0.1, -0.05) is 30.3 Å². The maximum atomic E-state index is 11.7. The summed E-state index contributed by atoms with van der Waals surface area (Å²) in [6.45, 7) is 1.99. The quantitative estimate of drug-likeness (QED) is 0.652. The van der Waals surface area contributed by atoms with E-state index in [1.165, 1.54) is 0 Å². The van der Waals surface area contributed by atoms with Gasteiger partial charge in [0.15, 0.2) is 5.96 Å². The molecule has 0 unspecified atom stereocenters. The number of nitrogens with one attached hydrogen (secondary N) is 1. The highest BCUT2D eigenvalue weighted by Crippen LogP contribution is 2.15. The Morgan fingerprint density at radius 1 is 1.25 bits per heavy atom. The van der Waals surface area contributed by atoms with E-state index in [-0.39, 0.29) is 5.91 Å². The van der Waals surface area contributed by atoms with Crippen molar-refractivity contribution in [1.29, 1.82) is 0 Å². The smallest absolute Gasteiger partial charge is 0.222 e. The molecule has 0 aliphatic carbocycles. The fourth-order valence-corrected chi connectivity index (χ4v) is 2.70. The summed E-state index contributed by atoms with van der Waals surface area (Å²) in [7, 11) is 0. The maximum Gasteiger partial charge on any atom is 0.222 e. The van der Waals surface area contributed by atoms with Crippen molar-refractivity contribution in [3.8, 4) is 0 Å². The van der Waals surface area contributed by atoms with Gasteiger partial charge in [-0.05, 0) is 29.7 Å². The Bertz CT molecular complexity index is 729. The van der Waals surface area contributed by atoms with Crippen LogP contribution in [0, 0.1) is 0 Å². The lowest BCUT2D eigenvalue weighted by Gasteiger charge is -2.15. The van der Waals surface area contributed by atoms with E-state index in [4.69, 9.17) is 5.73 Å². The Morgan fingerprint density at radius 2 is 2.12 bits per heavy atom. The number of aromatic nitrogens is 1. The first-order valence-electron chi connectivity index (χ1n) is 8.04. The fraction of sp³-hybridized carbons (Fsp3) is 0.278. The number of hydrogen-bond acceptors (Lipinski definition) is 3. The van der Waals surface area contributed by atoms with Crippen molar-refractivity contribution in [1.82, 2.24) is 9.88 Å². The van der Waals surface area contributed by atoms with E-state index >= 15 is 0 Å². The summed E-state index contributed by atoms with van der Waals surface area (Å²) in [5, 5.41) is 2.96. The number of anilines is 1. The van der Waals surface area contributed by atoms with Gasteiger partial charge in [0.2, 0.25) is 5.91 Å². The third-order valence-corrected chi connectivity index (χ3v) is 3.89.